The fourth-order valence-electron chi connectivity index (χ4n) is 2.64. The van der Waals surface area contributed by atoms with Crippen molar-refractivity contribution in [2.45, 2.75) is 13.1 Å². The zero-order valence-electron chi connectivity index (χ0n) is 15.8. The molecule has 10 heteroatoms. The molecule has 1 aromatic heterocycles. The lowest BCUT2D eigenvalue weighted by molar-refractivity contribution is -0.136. The molecular weight excluding hydrogens is 399 g/mol. The van der Waals surface area contributed by atoms with Crippen LogP contribution >= 0.6 is 0 Å². The van der Waals surface area contributed by atoms with E-state index in [1.165, 1.54) is 18.2 Å². The quantitative estimate of drug-likeness (QED) is 0.498. The van der Waals surface area contributed by atoms with Crippen LogP contribution in [0.4, 0.5) is 41.9 Å². The monoisotopic (exact) mass is 417 g/mol. The van der Waals surface area contributed by atoms with Crippen LogP contribution < -0.4 is 16.4 Å². The molecule has 1 heterocycles. The number of anilines is 5. The number of esters is 1. The Morgan fingerprint density at radius 1 is 1.07 bits per heavy atom. The molecule has 0 amide bonds. The number of para-hydroxylation sites is 1. The lowest BCUT2D eigenvalue weighted by Crippen LogP contribution is -2.11. The van der Waals surface area contributed by atoms with Crippen molar-refractivity contribution >= 4 is 34.7 Å². The van der Waals surface area contributed by atoms with Crippen LogP contribution in [0, 0.1) is 0 Å². The van der Waals surface area contributed by atoms with E-state index in [-0.39, 0.29) is 29.6 Å². The molecule has 30 heavy (non-hydrogen) atoms. The van der Waals surface area contributed by atoms with Crippen molar-refractivity contribution in [3.63, 3.8) is 0 Å². The number of alkyl halides is 3. The van der Waals surface area contributed by atoms with Crippen molar-refractivity contribution in [3.05, 3.63) is 66.0 Å². The average Bonchev–Trinajstić information content (AvgIpc) is 2.71. The third-order valence-corrected chi connectivity index (χ3v) is 4.01. The van der Waals surface area contributed by atoms with E-state index in [0.717, 1.165) is 12.4 Å². The Kier molecular flexibility index (Phi) is 6.05. The molecule has 0 spiro atoms. The predicted molar refractivity (Wildman–Crippen MR) is 107 cm³/mol. The molecule has 4 N–H and O–H groups in total. The highest BCUT2D eigenvalue weighted by molar-refractivity contribution is 5.91. The summed E-state index contributed by atoms with van der Waals surface area (Å²) >= 11 is 0. The van der Waals surface area contributed by atoms with Crippen molar-refractivity contribution in [2.75, 3.05) is 23.0 Å². The molecule has 0 aliphatic carbocycles. The number of aromatic nitrogens is 2. The van der Waals surface area contributed by atoms with Crippen LogP contribution in [0.3, 0.4) is 0 Å². The zero-order chi connectivity index (χ0) is 21.7. The van der Waals surface area contributed by atoms with Gasteiger partial charge in [-0.2, -0.15) is 13.2 Å². The summed E-state index contributed by atoms with van der Waals surface area (Å²) in [4.78, 5) is 19.9. The number of halogens is 3. The summed E-state index contributed by atoms with van der Waals surface area (Å²) in [6.45, 7) is 1.94. The van der Waals surface area contributed by atoms with Crippen LogP contribution in [0.2, 0.25) is 0 Å². The van der Waals surface area contributed by atoms with Gasteiger partial charge in [-0.05, 0) is 37.3 Å². The summed E-state index contributed by atoms with van der Waals surface area (Å²) in [5.41, 5.74) is 5.85. The number of nitrogens with two attached hydrogens (primary N) is 1. The van der Waals surface area contributed by atoms with Gasteiger partial charge >= 0.3 is 12.1 Å². The summed E-state index contributed by atoms with van der Waals surface area (Å²) in [7, 11) is 0. The van der Waals surface area contributed by atoms with E-state index < -0.39 is 17.7 Å². The Hall–Kier alpha value is -3.82. The number of benzene rings is 2. The SMILES string of the molecule is CCOC(=O)c1cccc(Nc2ncnc(Nc3ccccc3C(F)(F)F)c2N)c1. The van der Waals surface area contributed by atoms with Gasteiger partial charge < -0.3 is 21.1 Å². The van der Waals surface area contributed by atoms with Gasteiger partial charge in [0.2, 0.25) is 0 Å². The summed E-state index contributed by atoms with van der Waals surface area (Å²) in [6, 6.07) is 11.5. The Labute approximate surface area is 170 Å². The molecule has 0 saturated carbocycles. The Morgan fingerprint density at radius 3 is 2.47 bits per heavy atom. The molecule has 0 aliphatic rings. The topological polar surface area (TPSA) is 102 Å². The maximum absolute atomic E-state index is 13.2. The first-order valence-corrected chi connectivity index (χ1v) is 8.87. The van der Waals surface area contributed by atoms with Gasteiger partial charge in [0.15, 0.2) is 11.6 Å². The second-order valence-corrected chi connectivity index (χ2v) is 6.08. The summed E-state index contributed by atoms with van der Waals surface area (Å²) in [6.07, 6.45) is -3.38. The molecule has 0 radical (unpaired) electrons. The number of carbonyl (C=O) groups excluding carboxylic acids is 1. The van der Waals surface area contributed by atoms with Crippen molar-refractivity contribution in [2.24, 2.45) is 0 Å². The average molecular weight is 417 g/mol. The van der Waals surface area contributed by atoms with E-state index in [0.29, 0.717) is 11.3 Å². The highest BCUT2D eigenvalue weighted by Gasteiger charge is 2.33. The maximum atomic E-state index is 13.2. The molecule has 0 atom stereocenters. The normalized spacial score (nSPS) is 11.1. The molecule has 3 aromatic rings. The molecule has 0 bridgehead atoms. The van der Waals surface area contributed by atoms with Gasteiger partial charge in [0.05, 0.1) is 23.4 Å². The van der Waals surface area contributed by atoms with Crippen LogP contribution in [-0.2, 0) is 10.9 Å². The molecular formula is C20H18F3N5O2. The molecule has 2 aromatic carbocycles. The molecule has 0 aliphatic heterocycles. The largest absolute Gasteiger partial charge is 0.462 e. The second-order valence-electron chi connectivity index (χ2n) is 6.08. The van der Waals surface area contributed by atoms with E-state index in [2.05, 4.69) is 20.6 Å². The number of nitrogens with zero attached hydrogens (tertiary/aromatic N) is 2. The van der Waals surface area contributed by atoms with Gasteiger partial charge in [-0.1, -0.05) is 18.2 Å². The first kappa shape index (κ1) is 20.9. The number of hydrogen-bond acceptors (Lipinski definition) is 7. The molecule has 0 unspecified atom stereocenters. The van der Waals surface area contributed by atoms with E-state index in [1.807, 2.05) is 0 Å². The number of ether oxygens (including phenoxy) is 1. The van der Waals surface area contributed by atoms with Crippen LogP contribution in [0.25, 0.3) is 0 Å². The van der Waals surface area contributed by atoms with E-state index in [9.17, 15) is 18.0 Å². The van der Waals surface area contributed by atoms with Crippen molar-refractivity contribution < 1.29 is 22.7 Å². The van der Waals surface area contributed by atoms with Crippen molar-refractivity contribution in [3.8, 4) is 0 Å². The molecule has 0 saturated heterocycles. The highest BCUT2D eigenvalue weighted by Crippen LogP contribution is 2.37. The minimum atomic E-state index is -4.54. The number of nitrogen functional groups attached to an aromatic ring is 1. The van der Waals surface area contributed by atoms with Gasteiger partial charge in [-0.15, -0.1) is 0 Å². The Balaban J connectivity index is 1.87. The van der Waals surface area contributed by atoms with E-state index in [4.69, 9.17) is 10.5 Å². The van der Waals surface area contributed by atoms with Crippen LogP contribution in [0.15, 0.2) is 54.9 Å². The van der Waals surface area contributed by atoms with Gasteiger partial charge in [0.1, 0.15) is 12.0 Å². The number of nitrogens with one attached hydrogen (secondary N) is 2. The number of rotatable bonds is 6. The second kappa shape index (κ2) is 8.68. The molecule has 3 rings (SSSR count). The minimum Gasteiger partial charge on any atom is -0.462 e. The lowest BCUT2D eigenvalue weighted by atomic mass is 10.1. The summed E-state index contributed by atoms with van der Waals surface area (Å²) in [5.74, 6) is -0.313. The lowest BCUT2D eigenvalue weighted by Gasteiger charge is -2.16. The van der Waals surface area contributed by atoms with Gasteiger partial charge in [-0.3, -0.25) is 0 Å². The highest BCUT2D eigenvalue weighted by atomic mass is 19.4. The van der Waals surface area contributed by atoms with Crippen LogP contribution in [-0.4, -0.2) is 22.5 Å². The predicted octanol–water partition coefficient (Wildman–Crippen LogP) is 4.74. The van der Waals surface area contributed by atoms with Gasteiger partial charge in [0.25, 0.3) is 0 Å². The minimum absolute atomic E-state index is 0.00532. The standard InChI is InChI=1S/C20H18F3N5O2/c1-2-30-19(29)12-6-5-7-13(10-12)27-17-16(24)18(26-11-25-17)28-15-9-4-3-8-14(15)20(21,22)23/h3-11H,2,24H2,1H3,(H2,25,26,27,28). The summed E-state index contributed by atoms with van der Waals surface area (Å²) < 4.78 is 44.6. The Morgan fingerprint density at radius 2 is 1.77 bits per heavy atom. The Bertz CT molecular complexity index is 1060. The van der Waals surface area contributed by atoms with Crippen molar-refractivity contribution in [1.82, 2.24) is 9.97 Å². The van der Waals surface area contributed by atoms with Gasteiger partial charge in [0, 0.05) is 5.69 Å². The smallest absolute Gasteiger partial charge is 0.418 e. The molecule has 156 valence electrons. The fraction of sp³-hybridized carbons (Fsp3) is 0.150. The van der Waals surface area contributed by atoms with Crippen LogP contribution in [0.1, 0.15) is 22.8 Å². The first-order valence-electron chi connectivity index (χ1n) is 8.87. The summed E-state index contributed by atoms with van der Waals surface area (Å²) in [5, 5.41) is 5.54. The van der Waals surface area contributed by atoms with Crippen molar-refractivity contribution in [1.29, 1.82) is 0 Å². The zero-order valence-corrected chi connectivity index (χ0v) is 15.8. The number of carbonyl (C=O) groups is 1. The fourth-order valence-corrected chi connectivity index (χ4v) is 2.64. The van der Waals surface area contributed by atoms with Gasteiger partial charge in [-0.25, -0.2) is 14.8 Å². The van der Waals surface area contributed by atoms with E-state index >= 15 is 0 Å². The van der Waals surface area contributed by atoms with E-state index in [1.54, 1.807) is 31.2 Å². The third-order valence-electron chi connectivity index (χ3n) is 4.01. The maximum Gasteiger partial charge on any atom is 0.418 e. The molecule has 0 fully saturated rings. The first-order chi connectivity index (χ1) is 14.3. The third kappa shape index (κ3) is 4.77. The van der Waals surface area contributed by atoms with Crippen LogP contribution in [0.5, 0.6) is 0 Å². The molecule has 7 nitrogen and oxygen atoms in total. The number of hydrogen-bond donors (Lipinski definition) is 3.